The smallest absolute Gasteiger partial charge is 0.338 e. The molecule has 0 saturated carbocycles. The second-order valence-electron chi connectivity index (χ2n) is 2.13. The van der Waals surface area contributed by atoms with Gasteiger partial charge in [-0.1, -0.05) is 12.2 Å². The molecular weight excluding hydrogens is 170 g/mol. The quantitative estimate of drug-likeness (QED) is 0.529. The normalized spacial score (nSPS) is 36.7. The van der Waals surface area contributed by atoms with Crippen LogP contribution in [0.1, 0.15) is 6.42 Å². The van der Waals surface area contributed by atoms with Crippen molar-refractivity contribution < 1.29 is 9.05 Å². The van der Waals surface area contributed by atoms with Gasteiger partial charge in [0.2, 0.25) is 0 Å². The molecule has 1 heterocycles. The number of fused-ring (bicyclic) bond motifs is 1. The van der Waals surface area contributed by atoms with Crippen molar-refractivity contribution in [3.63, 3.8) is 0 Å². The molecule has 0 aromatic rings. The highest BCUT2D eigenvalue weighted by Gasteiger charge is 2.31. The van der Waals surface area contributed by atoms with Crippen LogP contribution < -0.4 is 0 Å². The van der Waals surface area contributed by atoms with Crippen LogP contribution in [0.3, 0.4) is 0 Å². The summed E-state index contributed by atoms with van der Waals surface area (Å²) < 4.78 is 10.4. The first-order chi connectivity index (χ1) is 4.86. The third-order valence-corrected chi connectivity index (χ3v) is 2.67. The Morgan fingerprint density at radius 2 is 2.60 bits per heavy atom. The summed E-state index contributed by atoms with van der Waals surface area (Å²) in [5, 5.41) is 0. The Balaban J connectivity index is 2.18. The molecule has 0 spiro atoms. The summed E-state index contributed by atoms with van der Waals surface area (Å²) in [5.41, 5.74) is 0. The molecule has 4 heteroatoms. The van der Waals surface area contributed by atoms with Crippen molar-refractivity contribution in [3.8, 4) is 0 Å². The summed E-state index contributed by atoms with van der Waals surface area (Å²) in [6.07, 6.45) is 6.88. The first kappa shape index (κ1) is 6.66. The monoisotopic (exact) mass is 176 g/mol. The van der Waals surface area contributed by atoms with Gasteiger partial charge < -0.3 is 9.05 Å². The Kier molecular flexibility index (Phi) is 1.69. The third kappa shape index (κ3) is 1.07. The van der Waals surface area contributed by atoms with Gasteiger partial charge in [-0.05, 0) is 23.7 Å². The Morgan fingerprint density at radius 1 is 1.70 bits per heavy atom. The van der Waals surface area contributed by atoms with Crippen molar-refractivity contribution in [1.82, 2.24) is 0 Å². The molecule has 0 bridgehead atoms. The highest BCUT2D eigenvalue weighted by atomic mass is 35.7. The zero-order valence-corrected chi connectivity index (χ0v) is 6.81. The van der Waals surface area contributed by atoms with E-state index in [4.69, 9.17) is 20.3 Å². The number of hydrogen-bond acceptors (Lipinski definition) is 2. The maximum absolute atomic E-state index is 5.64. The maximum atomic E-state index is 5.64. The molecule has 1 saturated heterocycles. The zero-order chi connectivity index (χ0) is 6.97. The van der Waals surface area contributed by atoms with Gasteiger partial charge in [-0.15, -0.1) is 0 Å². The summed E-state index contributed by atoms with van der Waals surface area (Å²) in [4.78, 5) is 0. The highest BCUT2D eigenvalue weighted by Crippen LogP contribution is 2.55. The van der Waals surface area contributed by atoms with Crippen LogP contribution in [0.2, 0.25) is 0 Å². The first-order valence-electron chi connectivity index (χ1n) is 3.03. The maximum Gasteiger partial charge on any atom is 0.338 e. The molecule has 2 aliphatic rings. The van der Waals surface area contributed by atoms with Gasteiger partial charge in [0.05, 0.1) is 0 Å². The summed E-state index contributed by atoms with van der Waals surface area (Å²) in [7, 11) is -1.15. The summed E-state index contributed by atoms with van der Waals surface area (Å²) in [5.74, 6) is 0.878. The predicted molar refractivity (Wildman–Crippen MR) is 40.6 cm³/mol. The Morgan fingerprint density at radius 3 is 3.40 bits per heavy atom. The lowest BCUT2D eigenvalue weighted by atomic mass is 10.1. The lowest BCUT2D eigenvalue weighted by Gasteiger charge is -2.06. The molecule has 2 unspecified atom stereocenters. The van der Waals surface area contributed by atoms with Crippen LogP contribution in [0.4, 0.5) is 0 Å². The zero-order valence-electron chi connectivity index (χ0n) is 5.16. The van der Waals surface area contributed by atoms with Gasteiger partial charge in [0.1, 0.15) is 11.9 Å². The van der Waals surface area contributed by atoms with E-state index in [1.807, 2.05) is 18.2 Å². The fourth-order valence-corrected chi connectivity index (χ4v) is 2.28. The molecule has 2 atom stereocenters. The molecule has 0 N–H and O–H groups in total. The van der Waals surface area contributed by atoms with Gasteiger partial charge in [-0.25, -0.2) is 0 Å². The first-order valence-corrected chi connectivity index (χ1v) is 5.12. The van der Waals surface area contributed by atoms with Crippen LogP contribution in [-0.4, -0.2) is 6.10 Å². The van der Waals surface area contributed by atoms with Crippen LogP contribution in [0.5, 0.6) is 0 Å². The van der Waals surface area contributed by atoms with Gasteiger partial charge in [-0.2, -0.15) is 0 Å². The Hall–Kier alpha value is -0.0400. The van der Waals surface area contributed by atoms with E-state index in [0.29, 0.717) is 0 Å². The second-order valence-corrected chi connectivity index (χ2v) is 3.78. The molecule has 2 rings (SSSR count). The Labute approximate surface area is 65.2 Å². The molecular formula is C6H6ClO2P. The molecule has 0 aromatic carbocycles. The third-order valence-electron chi connectivity index (χ3n) is 1.45. The van der Waals surface area contributed by atoms with E-state index < -0.39 is 7.73 Å². The molecule has 1 aliphatic heterocycles. The number of halogens is 1. The minimum atomic E-state index is -1.15. The minimum Gasteiger partial charge on any atom is -0.438 e. The topological polar surface area (TPSA) is 18.5 Å². The van der Waals surface area contributed by atoms with Gasteiger partial charge in [0, 0.05) is 0 Å². The van der Waals surface area contributed by atoms with Gasteiger partial charge in [0.25, 0.3) is 0 Å². The van der Waals surface area contributed by atoms with E-state index in [1.54, 1.807) is 0 Å². The average molecular weight is 177 g/mol. The predicted octanol–water partition coefficient (Wildman–Crippen LogP) is 2.71. The SMILES string of the molecule is ClP1OC2=CC=CCC2O1. The largest absolute Gasteiger partial charge is 0.438 e. The standard InChI is InChI=1S/C6H6ClO2P/c7-10-8-5-3-1-2-4-6(5)9-10/h1-3,6H,4H2. The average Bonchev–Trinajstić information content (AvgIpc) is 2.27. The molecule has 0 aromatic heterocycles. The van der Waals surface area contributed by atoms with E-state index in [-0.39, 0.29) is 6.10 Å². The van der Waals surface area contributed by atoms with Gasteiger partial charge in [-0.3, -0.25) is 0 Å². The summed E-state index contributed by atoms with van der Waals surface area (Å²) in [6, 6.07) is 0. The van der Waals surface area contributed by atoms with E-state index in [2.05, 4.69) is 0 Å². The fourth-order valence-electron chi connectivity index (χ4n) is 0.977. The molecule has 1 fully saturated rings. The summed E-state index contributed by atoms with van der Waals surface area (Å²) >= 11 is 5.64. The molecule has 0 radical (unpaired) electrons. The van der Waals surface area contributed by atoms with Gasteiger partial charge >= 0.3 is 7.73 Å². The molecule has 54 valence electrons. The van der Waals surface area contributed by atoms with Crippen LogP contribution in [-0.2, 0) is 9.05 Å². The molecule has 0 amide bonds. The highest BCUT2D eigenvalue weighted by molar-refractivity contribution is 7.76. The van der Waals surface area contributed by atoms with Crippen LogP contribution in [0, 0.1) is 0 Å². The second kappa shape index (κ2) is 2.54. The molecule has 1 aliphatic carbocycles. The summed E-state index contributed by atoms with van der Waals surface area (Å²) in [6.45, 7) is 0. The van der Waals surface area contributed by atoms with Crippen LogP contribution in [0.25, 0.3) is 0 Å². The van der Waals surface area contributed by atoms with Crippen molar-refractivity contribution in [3.05, 3.63) is 24.0 Å². The number of hydrogen-bond donors (Lipinski definition) is 0. The van der Waals surface area contributed by atoms with Crippen LogP contribution >= 0.6 is 19.0 Å². The van der Waals surface area contributed by atoms with Crippen LogP contribution in [0.15, 0.2) is 24.0 Å². The lowest BCUT2D eigenvalue weighted by Crippen LogP contribution is -2.06. The van der Waals surface area contributed by atoms with Crippen molar-refractivity contribution in [2.24, 2.45) is 0 Å². The Bertz CT molecular complexity index is 202. The lowest BCUT2D eigenvalue weighted by molar-refractivity contribution is 0.287. The van der Waals surface area contributed by atoms with Crippen molar-refractivity contribution in [2.75, 3.05) is 0 Å². The number of rotatable bonds is 0. The van der Waals surface area contributed by atoms with Crippen molar-refractivity contribution in [2.45, 2.75) is 12.5 Å². The van der Waals surface area contributed by atoms with Gasteiger partial charge in [0.15, 0.2) is 0 Å². The fraction of sp³-hybridized carbons (Fsp3) is 0.333. The van der Waals surface area contributed by atoms with E-state index in [0.717, 1.165) is 12.2 Å². The van der Waals surface area contributed by atoms with E-state index >= 15 is 0 Å². The van der Waals surface area contributed by atoms with Crippen molar-refractivity contribution >= 4 is 19.0 Å². The van der Waals surface area contributed by atoms with E-state index in [1.165, 1.54) is 0 Å². The van der Waals surface area contributed by atoms with E-state index in [9.17, 15) is 0 Å². The minimum absolute atomic E-state index is 0.0913. The molecule has 10 heavy (non-hydrogen) atoms. The molecule has 2 nitrogen and oxygen atoms in total. The number of allylic oxidation sites excluding steroid dienone is 2. The van der Waals surface area contributed by atoms with Crippen molar-refractivity contribution in [1.29, 1.82) is 0 Å².